The van der Waals surface area contributed by atoms with Crippen molar-refractivity contribution in [3.63, 3.8) is 0 Å². The van der Waals surface area contributed by atoms with Crippen molar-refractivity contribution in [2.75, 3.05) is 20.2 Å². The summed E-state index contributed by atoms with van der Waals surface area (Å²) in [4.78, 5) is 14.1. The van der Waals surface area contributed by atoms with E-state index in [1.165, 1.54) is 5.56 Å². The minimum Gasteiger partial charge on any atom is -0.497 e. The molecule has 1 aliphatic heterocycles. The molecule has 1 aromatic carbocycles. The van der Waals surface area contributed by atoms with Gasteiger partial charge in [0, 0.05) is 25.2 Å². The van der Waals surface area contributed by atoms with E-state index in [4.69, 9.17) is 9.47 Å². The number of ether oxygens (including phenoxy) is 2. The number of methoxy groups -OCH3 is 1. The average molecular weight is 334 g/mol. The molecule has 0 aromatic heterocycles. The smallest absolute Gasteiger partial charge is 0.410 e. The van der Waals surface area contributed by atoms with Gasteiger partial charge in [-0.1, -0.05) is 12.1 Å². The van der Waals surface area contributed by atoms with Gasteiger partial charge in [-0.2, -0.15) is 0 Å². The number of likely N-dealkylation sites (tertiary alicyclic amines) is 1. The topological polar surface area (TPSA) is 50.8 Å². The van der Waals surface area contributed by atoms with E-state index >= 15 is 0 Å². The predicted octanol–water partition coefficient (Wildman–Crippen LogP) is 3.75. The Bertz CT molecular complexity index is 537. The Kier molecular flexibility index (Phi) is 6.10. The lowest BCUT2D eigenvalue weighted by atomic mass is 10.0. The van der Waals surface area contributed by atoms with Crippen molar-refractivity contribution < 1.29 is 14.3 Å². The number of benzene rings is 1. The maximum atomic E-state index is 12.2. The molecule has 1 saturated heterocycles. The van der Waals surface area contributed by atoms with Crippen LogP contribution in [0.5, 0.6) is 5.75 Å². The minimum atomic E-state index is -0.451. The summed E-state index contributed by atoms with van der Waals surface area (Å²) in [5, 5.41) is 3.63. The molecule has 1 fully saturated rings. The molecular weight excluding hydrogens is 304 g/mol. The van der Waals surface area contributed by atoms with Crippen molar-refractivity contribution >= 4 is 6.09 Å². The zero-order valence-electron chi connectivity index (χ0n) is 15.5. The first-order chi connectivity index (χ1) is 11.3. The van der Waals surface area contributed by atoms with Crippen molar-refractivity contribution in [3.05, 3.63) is 29.8 Å². The number of carbonyl (C=O) groups is 1. The zero-order valence-corrected chi connectivity index (χ0v) is 15.5. The molecule has 0 saturated carbocycles. The van der Waals surface area contributed by atoms with Gasteiger partial charge in [-0.3, -0.25) is 0 Å². The molecule has 1 unspecified atom stereocenters. The number of amides is 1. The van der Waals surface area contributed by atoms with Crippen LogP contribution in [0.25, 0.3) is 0 Å². The molecule has 24 heavy (non-hydrogen) atoms. The summed E-state index contributed by atoms with van der Waals surface area (Å²) in [6.45, 7) is 9.30. The number of hydrogen-bond acceptors (Lipinski definition) is 4. The average Bonchev–Trinajstić information content (AvgIpc) is 2.53. The Balaban J connectivity index is 1.90. The number of nitrogens with zero attached hydrogens (tertiary/aromatic N) is 1. The maximum absolute atomic E-state index is 12.2. The first-order valence-electron chi connectivity index (χ1n) is 8.66. The lowest BCUT2D eigenvalue weighted by Gasteiger charge is -2.35. The summed E-state index contributed by atoms with van der Waals surface area (Å²) in [7, 11) is 1.67. The van der Waals surface area contributed by atoms with Crippen LogP contribution in [0.4, 0.5) is 4.79 Å². The summed E-state index contributed by atoms with van der Waals surface area (Å²) < 4.78 is 10.7. The molecule has 2 atom stereocenters. The number of carbonyl (C=O) groups excluding carboxylic acids is 1. The van der Waals surface area contributed by atoms with Gasteiger partial charge in [-0.15, -0.1) is 0 Å². The molecule has 1 N–H and O–H groups in total. The third-order valence-electron chi connectivity index (χ3n) is 4.17. The van der Waals surface area contributed by atoms with Gasteiger partial charge in [-0.25, -0.2) is 4.79 Å². The van der Waals surface area contributed by atoms with Crippen molar-refractivity contribution in [1.29, 1.82) is 0 Å². The number of nitrogens with one attached hydrogen (secondary N) is 1. The van der Waals surface area contributed by atoms with Gasteiger partial charge in [0.2, 0.25) is 0 Å². The quantitative estimate of drug-likeness (QED) is 0.911. The van der Waals surface area contributed by atoms with Gasteiger partial charge >= 0.3 is 6.09 Å². The fourth-order valence-electron chi connectivity index (χ4n) is 2.95. The van der Waals surface area contributed by atoms with Crippen LogP contribution in [0.1, 0.15) is 52.1 Å². The Hall–Kier alpha value is -1.75. The van der Waals surface area contributed by atoms with Gasteiger partial charge in [0.25, 0.3) is 0 Å². The van der Waals surface area contributed by atoms with Crippen LogP contribution < -0.4 is 10.1 Å². The van der Waals surface area contributed by atoms with Crippen molar-refractivity contribution in [1.82, 2.24) is 10.2 Å². The molecule has 5 nitrogen and oxygen atoms in total. The van der Waals surface area contributed by atoms with Crippen LogP contribution in [0.2, 0.25) is 0 Å². The largest absolute Gasteiger partial charge is 0.497 e. The van der Waals surface area contributed by atoms with Gasteiger partial charge < -0.3 is 19.7 Å². The molecular formula is C19H30N2O3. The van der Waals surface area contributed by atoms with Crippen LogP contribution >= 0.6 is 0 Å². The van der Waals surface area contributed by atoms with E-state index in [1.807, 2.05) is 37.8 Å². The highest BCUT2D eigenvalue weighted by molar-refractivity contribution is 5.68. The molecule has 0 spiro atoms. The molecule has 2 rings (SSSR count). The third kappa shape index (κ3) is 5.41. The first kappa shape index (κ1) is 18.6. The molecule has 0 radical (unpaired) electrons. The van der Waals surface area contributed by atoms with Gasteiger partial charge in [0.1, 0.15) is 11.4 Å². The lowest BCUT2D eigenvalue weighted by molar-refractivity contribution is 0.0184. The highest BCUT2D eigenvalue weighted by Crippen LogP contribution is 2.21. The monoisotopic (exact) mass is 334 g/mol. The lowest BCUT2D eigenvalue weighted by Crippen LogP contribution is -2.49. The fraction of sp³-hybridized carbons (Fsp3) is 0.632. The van der Waals surface area contributed by atoms with Crippen LogP contribution in [-0.4, -0.2) is 42.8 Å². The summed E-state index contributed by atoms with van der Waals surface area (Å²) >= 11 is 0. The molecule has 5 heteroatoms. The summed E-state index contributed by atoms with van der Waals surface area (Å²) in [6, 6.07) is 8.60. The molecule has 134 valence electrons. The van der Waals surface area contributed by atoms with E-state index in [-0.39, 0.29) is 18.2 Å². The van der Waals surface area contributed by atoms with Crippen LogP contribution in [0.15, 0.2) is 24.3 Å². The molecule has 1 amide bonds. The van der Waals surface area contributed by atoms with E-state index in [0.29, 0.717) is 6.54 Å². The predicted molar refractivity (Wildman–Crippen MR) is 95.4 cm³/mol. The Morgan fingerprint density at radius 1 is 1.29 bits per heavy atom. The standard InChI is InChI=1S/C19H30N2O3/c1-14(15-8-10-17(23-5)11-9-15)20-16-7-6-12-21(13-16)18(22)24-19(2,3)4/h8-11,14,16,20H,6-7,12-13H2,1-5H3/t14-,16?/m0/s1. The molecule has 1 heterocycles. The highest BCUT2D eigenvalue weighted by atomic mass is 16.6. The highest BCUT2D eigenvalue weighted by Gasteiger charge is 2.28. The van der Waals surface area contributed by atoms with Crippen molar-refractivity contribution in [3.8, 4) is 5.75 Å². The zero-order chi connectivity index (χ0) is 17.7. The summed E-state index contributed by atoms with van der Waals surface area (Å²) in [5.74, 6) is 0.861. The normalized spacial score (nSPS) is 19.7. The second kappa shape index (κ2) is 7.88. The van der Waals surface area contributed by atoms with E-state index in [9.17, 15) is 4.79 Å². The maximum Gasteiger partial charge on any atom is 0.410 e. The van der Waals surface area contributed by atoms with Crippen LogP contribution in [0, 0.1) is 0 Å². The minimum absolute atomic E-state index is 0.217. The number of hydrogen-bond donors (Lipinski definition) is 1. The van der Waals surface area contributed by atoms with E-state index in [2.05, 4.69) is 24.4 Å². The van der Waals surface area contributed by atoms with E-state index < -0.39 is 5.60 Å². The number of rotatable bonds is 4. The van der Waals surface area contributed by atoms with Crippen molar-refractivity contribution in [2.24, 2.45) is 0 Å². The summed E-state index contributed by atoms with van der Waals surface area (Å²) in [5.41, 5.74) is 0.763. The third-order valence-corrected chi connectivity index (χ3v) is 4.17. The molecule has 0 bridgehead atoms. The second-order valence-electron chi connectivity index (χ2n) is 7.43. The SMILES string of the molecule is COc1ccc([C@H](C)NC2CCCN(C(=O)OC(C)(C)C)C2)cc1. The van der Waals surface area contributed by atoms with E-state index in [0.717, 1.165) is 25.1 Å². The Morgan fingerprint density at radius 3 is 2.54 bits per heavy atom. The molecule has 1 aromatic rings. The first-order valence-corrected chi connectivity index (χ1v) is 8.66. The van der Waals surface area contributed by atoms with E-state index in [1.54, 1.807) is 7.11 Å². The Labute approximate surface area is 145 Å². The van der Waals surface area contributed by atoms with Crippen molar-refractivity contribution in [2.45, 2.75) is 58.2 Å². The second-order valence-corrected chi connectivity index (χ2v) is 7.43. The number of piperidine rings is 1. The van der Waals surface area contributed by atoms with Gasteiger partial charge in [-0.05, 0) is 58.2 Å². The van der Waals surface area contributed by atoms with Gasteiger partial charge in [0.15, 0.2) is 0 Å². The Morgan fingerprint density at radius 2 is 1.96 bits per heavy atom. The summed E-state index contributed by atoms with van der Waals surface area (Å²) in [6.07, 6.45) is 1.84. The van der Waals surface area contributed by atoms with Gasteiger partial charge in [0.05, 0.1) is 7.11 Å². The fourth-order valence-corrected chi connectivity index (χ4v) is 2.95. The molecule has 1 aliphatic rings. The van der Waals surface area contributed by atoms with Crippen LogP contribution in [-0.2, 0) is 4.74 Å². The molecule has 0 aliphatic carbocycles. The van der Waals surface area contributed by atoms with Crippen LogP contribution in [0.3, 0.4) is 0 Å².